The summed E-state index contributed by atoms with van der Waals surface area (Å²) in [6, 6.07) is 0. The van der Waals surface area contributed by atoms with Crippen molar-refractivity contribution in [1.82, 2.24) is 0 Å². The molecule has 0 fully saturated rings. The number of allylic oxidation sites excluding steroid dienone is 5. The summed E-state index contributed by atoms with van der Waals surface area (Å²) in [5.74, 6) is 0.489. The number of Topliss-reactive ketones (excluding diaryl/α,β-unsaturated/α-hetero) is 1. The number of rotatable bonds is 4. The first-order valence-corrected chi connectivity index (χ1v) is 5.50. The summed E-state index contributed by atoms with van der Waals surface area (Å²) in [6.45, 7) is 10.0. The second kappa shape index (κ2) is 4.61. The van der Waals surface area contributed by atoms with Crippen molar-refractivity contribution in [1.29, 1.82) is 0 Å². The lowest BCUT2D eigenvalue weighted by molar-refractivity contribution is -0.115. The number of hydrogen-bond donors (Lipinski definition) is 0. The number of carbonyl (C=O) groups is 1. The Balaban J connectivity index is 2.72. The van der Waals surface area contributed by atoms with Gasteiger partial charge in [-0.15, -0.1) is 6.58 Å². The Morgan fingerprint density at radius 2 is 2.33 bits per heavy atom. The summed E-state index contributed by atoms with van der Waals surface area (Å²) in [5.41, 5.74) is 0.983. The van der Waals surface area contributed by atoms with Crippen LogP contribution in [-0.2, 0) is 4.79 Å². The highest BCUT2D eigenvalue weighted by atomic mass is 16.1. The van der Waals surface area contributed by atoms with E-state index in [2.05, 4.69) is 32.6 Å². The number of carbonyl (C=O) groups excluding carboxylic acids is 1. The van der Waals surface area contributed by atoms with Gasteiger partial charge in [0.1, 0.15) is 0 Å². The van der Waals surface area contributed by atoms with Gasteiger partial charge in [0.25, 0.3) is 0 Å². The molecule has 1 aliphatic carbocycles. The van der Waals surface area contributed by atoms with Crippen molar-refractivity contribution in [2.45, 2.75) is 33.6 Å². The molecule has 1 aliphatic rings. The molecule has 0 aliphatic heterocycles. The molecule has 0 saturated carbocycles. The summed E-state index contributed by atoms with van der Waals surface area (Å²) >= 11 is 0. The molecule has 0 aromatic carbocycles. The van der Waals surface area contributed by atoms with E-state index in [-0.39, 0.29) is 17.1 Å². The topological polar surface area (TPSA) is 17.1 Å². The molecule has 0 saturated heterocycles. The van der Waals surface area contributed by atoms with Crippen LogP contribution in [0.3, 0.4) is 0 Å². The highest BCUT2D eigenvalue weighted by Gasteiger charge is 2.20. The first kappa shape index (κ1) is 12.0. The second-order valence-electron chi connectivity index (χ2n) is 5.04. The minimum Gasteiger partial charge on any atom is -0.294 e. The predicted octanol–water partition coefficient (Wildman–Crippen LogP) is 3.68. The lowest BCUT2D eigenvalue weighted by atomic mass is 9.82. The van der Waals surface area contributed by atoms with Gasteiger partial charge >= 0.3 is 0 Å². The first-order valence-electron chi connectivity index (χ1n) is 5.50. The van der Waals surface area contributed by atoms with Crippen LogP contribution in [0.2, 0.25) is 0 Å². The van der Waals surface area contributed by atoms with Crippen LogP contribution in [0, 0.1) is 11.3 Å². The molecule has 0 N–H and O–H groups in total. The fraction of sp³-hybridized carbons (Fsp3) is 0.500. The van der Waals surface area contributed by atoms with E-state index in [0.29, 0.717) is 6.42 Å². The monoisotopic (exact) mass is 204 g/mol. The van der Waals surface area contributed by atoms with Gasteiger partial charge in [-0.1, -0.05) is 45.1 Å². The largest absolute Gasteiger partial charge is 0.294 e. The van der Waals surface area contributed by atoms with Gasteiger partial charge in [0, 0.05) is 12.0 Å². The molecule has 1 atom stereocenters. The van der Waals surface area contributed by atoms with E-state index in [4.69, 9.17) is 0 Å². The van der Waals surface area contributed by atoms with Gasteiger partial charge in [0.05, 0.1) is 0 Å². The van der Waals surface area contributed by atoms with E-state index in [1.165, 1.54) is 0 Å². The Kier molecular flexibility index (Phi) is 3.67. The average Bonchev–Trinajstić information content (AvgIpc) is 2.16. The van der Waals surface area contributed by atoms with Gasteiger partial charge in [-0.05, 0) is 17.8 Å². The fourth-order valence-corrected chi connectivity index (χ4v) is 1.68. The van der Waals surface area contributed by atoms with Gasteiger partial charge in [-0.3, -0.25) is 4.79 Å². The first-order chi connectivity index (χ1) is 6.94. The SMILES string of the molecule is C=CC(C)CC(=O)C1=CC(C)(C)CC=C1. The maximum absolute atomic E-state index is 11.9. The maximum Gasteiger partial charge on any atom is 0.163 e. The van der Waals surface area contributed by atoms with Crippen LogP contribution in [0.1, 0.15) is 33.6 Å². The molecule has 0 aromatic heterocycles. The zero-order chi connectivity index (χ0) is 11.5. The lowest BCUT2D eigenvalue weighted by Crippen LogP contribution is -2.14. The van der Waals surface area contributed by atoms with E-state index in [0.717, 1.165) is 12.0 Å². The summed E-state index contributed by atoms with van der Waals surface area (Å²) in [5, 5.41) is 0. The third-order valence-corrected chi connectivity index (χ3v) is 2.72. The van der Waals surface area contributed by atoms with Crippen LogP contribution >= 0.6 is 0 Å². The van der Waals surface area contributed by atoms with E-state index in [1.54, 1.807) is 0 Å². The van der Waals surface area contributed by atoms with E-state index >= 15 is 0 Å². The molecular formula is C14H20O. The smallest absolute Gasteiger partial charge is 0.163 e. The molecule has 15 heavy (non-hydrogen) atoms. The maximum atomic E-state index is 11.9. The van der Waals surface area contributed by atoms with Gasteiger partial charge in [-0.2, -0.15) is 0 Å². The number of ketones is 1. The van der Waals surface area contributed by atoms with E-state index in [9.17, 15) is 4.79 Å². The zero-order valence-corrected chi connectivity index (χ0v) is 9.92. The van der Waals surface area contributed by atoms with Crippen LogP contribution in [-0.4, -0.2) is 5.78 Å². The van der Waals surface area contributed by atoms with Crippen LogP contribution in [0.5, 0.6) is 0 Å². The normalized spacial score (nSPS) is 20.6. The molecule has 0 spiro atoms. The number of hydrogen-bond acceptors (Lipinski definition) is 1. The fourth-order valence-electron chi connectivity index (χ4n) is 1.68. The van der Waals surface area contributed by atoms with Crippen molar-refractivity contribution in [2.75, 3.05) is 0 Å². The minimum atomic E-state index is 0.122. The molecule has 0 aromatic rings. The second-order valence-corrected chi connectivity index (χ2v) is 5.04. The third kappa shape index (κ3) is 3.50. The standard InChI is InChI=1S/C14H20O/c1-5-11(2)9-13(15)12-7-6-8-14(3,4)10-12/h5-7,10-11H,1,8-9H2,2-4H3. The van der Waals surface area contributed by atoms with Crippen molar-refractivity contribution in [2.24, 2.45) is 11.3 Å². The summed E-state index contributed by atoms with van der Waals surface area (Å²) < 4.78 is 0. The van der Waals surface area contributed by atoms with Crippen LogP contribution < -0.4 is 0 Å². The van der Waals surface area contributed by atoms with E-state index < -0.39 is 0 Å². The lowest BCUT2D eigenvalue weighted by Gasteiger charge is -2.23. The molecule has 82 valence electrons. The Hall–Kier alpha value is -1.11. The van der Waals surface area contributed by atoms with Gasteiger partial charge in [0.2, 0.25) is 0 Å². The Morgan fingerprint density at radius 1 is 1.67 bits per heavy atom. The summed E-state index contributed by atoms with van der Waals surface area (Å²) in [6.07, 6.45) is 9.53. The van der Waals surface area contributed by atoms with Crippen molar-refractivity contribution >= 4 is 5.78 Å². The van der Waals surface area contributed by atoms with Gasteiger partial charge < -0.3 is 0 Å². The zero-order valence-electron chi connectivity index (χ0n) is 9.92. The van der Waals surface area contributed by atoms with Crippen LogP contribution in [0.4, 0.5) is 0 Å². The van der Waals surface area contributed by atoms with Gasteiger partial charge in [-0.25, -0.2) is 0 Å². The highest BCUT2D eigenvalue weighted by Crippen LogP contribution is 2.29. The summed E-state index contributed by atoms with van der Waals surface area (Å²) in [4.78, 5) is 11.9. The molecule has 1 heteroatoms. The molecular weight excluding hydrogens is 184 g/mol. The quantitative estimate of drug-likeness (QED) is 0.638. The minimum absolute atomic E-state index is 0.122. The molecule has 1 rings (SSSR count). The molecule has 0 heterocycles. The van der Waals surface area contributed by atoms with E-state index in [1.807, 2.05) is 19.1 Å². The Morgan fingerprint density at radius 3 is 2.87 bits per heavy atom. The Labute approximate surface area is 92.6 Å². The van der Waals surface area contributed by atoms with Gasteiger partial charge in [0.15, 0.2) is 5.78 Å². The average molecular weight is 204 g/mol. The molecule has 1 unspecified atom stereocenters. The van der Waals surface area contributed by atoms with Crippen molar-refractivity contribution in [3.05, 3.63) is 36.5 Å². The van der Waals surface area contributed by atoms with Crippen molar-refractivity contribution in [3.8, 4) is 0 Å². The molecule has 0 bridgehead atoms. The molecule has 0 amide bonds. The predicted molar refractivity (Wildman–Crippen MR) is 64.6 cm³/mol. The molecule has 1 nitrogen and oxygen atoms in total. The Bertz CT molecular complexity index is 318. The van der Waals surface area contributed by atoms with Crippen molar-refractivity contribution in [3.63, 3.8) is 0 Å². The molecule has 0 radical (unpaired) electrons. The van der Waals surface area contributed by atoms with Crippen molar-refractivity contribution < 1.29 is 4.79 Å². The van der Waals surface area contributed by atoms with Crippen LogP contribution in [0.25, 0.3) is 0 Å². The summed E-state index contributed by atoms with van der Waals surface area (Å²) in [7, 11) is 0. The third-order valence-electron chi connectivity index (χ3n) is 2.72. The highest BCUT2D eigenvalue weighted by molar-refractivity contribution is 5.98. The van der Waals surface area contributed by atoms with Crippen LogP contribution in [0.15, 0.2) is 36.5 Å².